The lowest BCUT2D eigenvalue weighted by Gasteiger charge is -2.46. The Labute approximate surface area is 222 Å². The number of carbonyl (C=O) groups is 2. The number of ether oxygens (including phenoxy) is 1. The molecule has 2 atom stereocenters. The second kappa shape index (κ2) is 10.3. The van der Waals surface area contributed by atoms with Crippen LogP contribution in [0.25, 0.3) is 10.9 Å². The second-order valence-electron chi connectivity index (χ2n) is 10.2. The molecule has 6 heteroatoms. The first-order valence-electron chi connectivity index (χ1n) is 13.4. The Balaban J connectivity index is 1.46. The summed E-state index contributed by atoms with van der Waals surface area (Å²) in [6.07, 6.45) is 6.95. The molecule has 38 heavy (non-hydrogen) atoms. The molecule has 0 unspecified atom stereocenters. The summed E-state index contributed by atoms with van der Waals surface area (Å²) in [5.74, 6) is 0.0165. The van der Waals surface area contributed by atoms with E-state index >= 15 is 0 Å². The maximum atomic E-state index is 14.2. The number of rotatable bonds is 5. The van der Waals surface area contributed by atoms with Gasteiger partial charge in [0.05, 0.1) is 36.5 Å². The molecule has 1 aliphatic carbocycles. The summed E-state index contributed by atoms with van der Waals surface area (Å²) in [7, 11) is 1.64. The van der Waals surface area contributed by atoms with Crippen LogP contribution in [0.5, 0.6) is 5.75 Å². The lowest BCUT2D eigenvalue weighted by atomic mass is 9.77. The minimum Gasteiger partial charge on any atom is -0.497 e. The van der Waals surface area contributed by atoms with Crippen molar-refractivity contribution < 1.29 is 14.3 Å². The highest BCUT2D eigenvalue weighted by molar-refractivity contribution is 6.05. The number of hydrogen-bond acceptors (Lipinski definition) is 4. The number of para-hydroxylation sites is 1. The Morgan fingerprint density at radius 1 is 0.947 bits per heavy atom. The predicted molar refractivity (Wildman–Crippen MR) is 148 cm³/mol. The van der Waals surface area contributed by atoms with Gasteiger partial charge in [-0.3, -0.25) is 14.6 Å². The molecule has 4 aromatic rings. The molecule has 1 aromatic heterocycles. The zero-order valence-corrected chi connectivity index (χ0v) is 21.5. The lowest BCUT2D eigenvalue weighted by molar-refractivity contribution is -0.119. The minimum absolute atomic E-state index is 0.00439. The fourth-order valence-corrected chi connectivity index (χ4v) is 6.11. The molecule has 1 saturated carbocycles. The average molecular weight is 506 g/mol. The van der Waals surface area contributed by atoms with Crippen LogP contribution in [-0.2, 0) is 4.79 Å². The highest BCUT2D eigenvalue weighted by atomic mass is 16.5. The van der Waals surface area contributed by atoms with Crippen LogP contribution >= 0.6 is 0 Å². The summed E-state index contributed by atoms with van der Waals surface area (Å²) in [4.78, 5) is 34.8. The molecule has 6 rings (SSSR count). The van der Waals surface area contributed by atoms with Gasteiger partial charge in [-0.05, 0) is 54.3 Å². The number of nitrogens with one attached hydrogen (secondary N) is 1. The molecule has 6 nitrogen and oxygen atoms in total. The zero-order valence-electron chi connectivity index (χ0n) is 21.5. The number of amides is 2. The van der Waals surface area contributed by atoms with Gasteiger partial charge in [0.25, 0.3) is 5.91 Å². The van der Waals surface area contributed by atoms with Crippen LogP contribution in [0.15, 0.2) is 85.1 Å². The maximum Gasteiger partial charge on any atom is 0.254 e. The van der Waals surface area contributed by atoms with E-state index in [0.29, 0.717) is 11.3 Å². The van der Waals surface area contributed by atoms with Crippen molar-refractivity contribution in [3.63, 3.8) is 0 Å². The van der Waals surface area contributed by atoms with Gasteiger partial charge in [-0.1, -0.05) is 67.8 Å². The molecule has 2 heterocycles. The van der Waals surface area contributed by atoms with Gasteiger partial charge in [-0.25, -0.2) is 0 Å². The Morgan fingerprint density at radius 2 is 1.68 bits per heavy atom. The Kier molecular flexibility index (Phi) is 6.54. The van der Waals surface area contributed by atoms with Crippen molar-refractivity contribution in [2.24, 2.45) is 0 Å². The Morgan fingerprint density at radius 3 is 2.47 bits per heavy atom. The molecule has 2 aliphatic rings. The molecule has 1 fully saturated rings. The van der Waals surface area contributed by atoms with Crippen LogP contribution in [0.4, 0.5) is 5.69 Å². The maximum absolute atomic E-state index is 14.2. The molecule has 1 N–H and O–H groups in total. The summed E-state index contributed by atoms with van der Waals surface area (Å²) in [5, 5.41) is 4.10. The first-order valence-corrected chi connectivity index (χ1v) is 13.4. The number of carbonyl (C=O) groups excluding carboxylic acids is 2. The van der Waals surface area contributed by atoms with Crippen LogP contribution in [-0.4, -0.2) is 34.8 Å². The van der Waals surface area contributed by atoms with Crippen LogP contribution in [0.1, 0.15) is 65.5 Å². The lowest BCUT2D eigenvalue weighted by Crippen LogP contribution is -2.51. The van der Waals surface area contributed by atoms with E-state index in [4.69, 9.17) is 4.74 Å². The predicted octanol–water partition coefficient (Wildman–Crippen LogP) is 6.50. The van der Waals surface area contributed by atoms with Crippen LogP contribution < -0.4 is 10.1 Å². The van der Waals surface area contributed by atoms with Gasteiger partial charge in [0, 0.05) is 17.0 Å². The third-order valence-electron chi connectivity index (χ3n) is 7.94. The van der Waals surface area contributed by atoms with Crippen molar-refractivity contribution >= 4 is 28.4 Å². The molecular formula is C32H31N3O3. The normalized spacial score (nSPS) is 19.7. The molecule has 192 valence electrons. The smallest absolute Gasteiger partial charge is 0.254 e. The van der Waals surface area contributed by atoms with Gasteiger partial charge < -0.3 is 15.0 Å². The Bertz CT molecular complexity index is 1480. The quantitative estimate of drug-likeness (QED) is 0.336. The van der Waals surface area contributed by atoms with Gasteiger partial charge in [0.15, 0.2) is 0 Å². The van der Waals surface area contributed by atoms with E-state index in [1.54, 1.807) is 13.3 Å². The molecule has 0 spiro atoms. The van der Waals surface area contributed by atoms with Crippen molar-refractivity contribution in [2.75, 3.05) is 12.4 Å². The second-order valence-corrected chi connectivity index (χ2v) is 10.2. The van der Waals surface area contributed by atoms with E-state index in [-0.39, 0.29) is 17.9 Å². The number of methoxy groups -OCH3 is 1. The van der Waals surface area contributed by atoms with Gasteiger partial charge in [0.2, 0.25) is 5.91 Å². The number of pyridine rings is 1. The SMILES string of the molecule is COc1ccc([C@H]2[C@@H](C(=O)Nc3cnc4ccccc4c3)c3ccccc3C(=O)N2C2CCCCC2)cc1. The number of hydrogen-bond donors (Lipinski definition) is 1. The largest absolute Gasteiger partial charge is 0.497 e. The summed E-state index contributed by atoms with van der Waals surface area (Å²) in [5.41, 5.74) is 3.81. The first-order chi connectivity index (χ1) is 18.6. The highest BCUT2D eigenvalue weighted by Gasteiger charge is 2.46. The zero-order chi connectivity index (χ0) is 26.1. The van der Waals surface area contributed by atoms with Crippen LogP contribution in [0, 0.1) is 0 Å². The fourth-order valence-electron chi connectivity index (χ4n) is 6.11. The van der Waals surface area contributed by atoms with E-state index in [0.717, 1.165) is 53.5 Å². The van der Waals surface area contributed by atoms with E-state index in [9.17, 15) is 9.59 Å². The standard InChI is InChI=1S/C32H31N3O3/c1-38-25-17-15-21(16-18-25)30-29(31(36)34-23-19-22-9-5-8-14-28(22)33-20-23)26-12-6-7-13-27(26)32(37)35(30)24-10-3-2-4-11-24/h5-9,12-20,24,29-30H,2-4,10-11H2,1H3,(H,34,36)/t29-,30-/m0/s1. The summed E-state index contributed by atoms with van der Waals surface area (Å²) in [6, 6.07) is 24.8. The van der Waals surface area contributed by atoms with Crippen molar-refractivity contribution in [3.8, 4) is 5.75 Å². The molecule has 2 amide bonds. The molecule has 0 saturated heterocycles. The summed E-state index contributed by atoms with van der Waals surface area (Å²) >= 11 is 0. The highest BCUT2D eigenvalue weighted by Crippen LogP contribution is 2.46. The van der Waals surface area contributed by atoms with Gasteiger partial charge in [0.1, 0.15) is 5.75 Å². The third-order valence-corrected chi connectivity index (χ3v) is 7.94. The molecule has 0 bridgehead atoms. The number of fused-ring (bicyclic) bond motifs is 2. The molecular weight excluding hydrogens is 474 g/mol. The van der Waals surface area contributed by atoms with Crippen LogP contribution in [0.2, 0.25) is 0 Å². The van der Waals surface area contributed by atoms with Crippen molar-refractivity contribution in [1.29, 1.82) is 0 Å². The van der Waals surface area contributed by atoms with Crippen molar-refractivity contribution in [1.82, 2.24) is 9.88 Å². The van der Waals surface area contributed by atoms with E-state index in [2.05, 4.69) is 10.3 Å². The van der Waals surface area contributed by atoms with Crippen LogP contribution in [0.3, 0.4) is 0 Å². The van der Waals surface area contributed by atoms with E-state index in [1.807, 2.05) is 83.8 Å². The molecule has 3 aromatic carbocycles. The molecule has 1 aliphatic heterocycles. The minimum atomic E-state index is -0.578. The van der Waals surface area contributed by atoms with E-state index in [1.165, 1.54) is 6.42 Å². The molecule has 0 radical (unpaired) electrons. The average Bonchev–Trinajstić information content (AvgIpc) is 2.97. The Hall–Kier alpha value is -4.19. The number of aromatic nitrogens is 1. The van der Waals surface area contributed by atoms with Gasteiger partial charge in [-0.15, -0.1) is 0 Å². The number of nitrogens with zero attached hydrogens (tertiary/aromatic N) is 2. The van der Waals surface area contributed by atoms with Gasteiger partial charge in [-0.2, -0.15) is 0 Å². The van der Waals surface area contributed by atoms with Crippen molar-refractivity contribution in [3.05, 3.63) is 102 Å². The fraction of sp³-hybridized carbons (Fsp3) is 0.281. The topological polar surface area (TPSA) is 71.5 Å². The monoisotopic (exact) mass is 505 g/mol. The van der Waals surface area contributed by atoms with Crippen molar-refractivity contribution in [2.45, 2.75) is 50.1 Å². The summed E-state index contributed by atoms with van der Waals surface area (Å²) in [6.45, 7) is 0. The first kappa shape index (κ1) is 24.2. The third kappa shape index (κ3) is 4.40. The number of benzene rings is 3. The number of anilines is 1. The van der Waals surface area contributed by atoms with E-state index < -0.39 is 12.0 Å². The van der Waals surface area contributed by atoms with Gasteiger partial charge >= 0.3 is 0 Å². The summed E-state index contributed by atoms with van der Waals surface area (Å²) < 4.78 is 5.40.